The lowest BCUT2D eigenvalue weighted by Crippen LogP contribution is -2.10. The molecular formula is C16H21ClO2. The molecule has 0 aliphatic heterocycles. The summed E-state index contributed by atoms with van der Waals surface area (Å²) in [7, 11) is 0. The molecule has 0 heterocycles. The van der Waals surface area contributed by atoms with E-state index in [1.165, 1.54) is 12.8 Å². The van der Waals surface area contributed by atoms with Gasteiger partial charge in [-0.1, -0.05) is 37.9 Å². The monoisotopic (exact) mass is 280 g/mol. The summed E-state index contributed by atoms with van der Waals surface area (Å²) in [4.78, 5) is 11.8. The number of ether oxygens (including phenoxy) is 1. The van der Waals surface area contributed by atoms with E-state index in [2.05, 4.69) is 13.8 Å². The molecule has 0 bridgehead atoms. The molecule has 1 aliphatic carbocycles. The Kier molecular flexibility index (Phi) is 4.87. The molecule has 0 N–H and O–H groups in total. The van der Waals surface area contributed by atoms with Crippen molar-refractivity contribution in [3.05, 3.63) is 34.9 Å². The highest BCUT2D eigenvalue weighted by Crippen LogP contribution is 2.47. The molecule has 3 unspecified atom stereocenters. The Labute approximate surface area is 120 Å². The predicted octanol–water partition coefficient (Wildman–Crippen LogP) is 4.57. The largest absolute Gasteiger partial charge is 0.462 e. The van der Waals surface area contributed by atoms with Crippen LogP contribution in [0.4, 0.5) is 0 Å². The van der Waals surface area contributed by atoms with Crippen molar-refractivity contribution in [1.29, 1.82) is 0 Å². The molecule has 2 rings (SSSR count). The van der Waals surface area contributed by atoms with Crippen LogP contribution in [-0.2, 0) is 4.74 Å². The minimum absolute atomic E-state index is 0.280. The van der Waals surface area contributed by atoms with E-state index in [-0.39, 0.29) is 5.97 Å². The maximum absolute atomic E-state index is 11.8. The van der Waals surface area contributed by atoms with Crippen LogP contribution in [0.3, 0.4) is 0 Å². The molecule has 0 amide bonds. The van der Waals surface area contributed by atoms with Crippen LogP contribution >= 0.6 is 11.6 Å². The Morgan fingerprint density at radius 2 is 2.32 bits per heavy atom. The van der Waals surface area contributed by atoms with Gasteiger partial charge in [0.05, 0.1) is 12.2 Å². The summed E-state index contributed by atoms with van der Waals surface area (Å²) < 4.78 is 5.30. The molecule has 1 aromatic rings. The van der Waals surface area contributed by atoms with Crippen LogP contribution in [0.2, 0.25) is 5.02 Å². The highest BCUT2D eigenvalue weighted by atomic mass is 35.5. The van der Waals surface area contributed by atoms with Crippen molar-refractivity contribution in [2.24, 2.45) is 17.8 Å². The third-order valence-electron chi connectivity index (χ3n) is 4.10. The highest BCUT2D eigenvalue weighted by Gasteiger charge is 2.38. The van der Waals surface area contributed by atoms with Crippen molar-refractivity contribution in [2.45, 2.75) is 33.1 Å². The van der Waals surface area contributed by atoms with Gasteiger partial charge in [-0.15, -0.1) is 0 Å². The van der Waals surface area contributed by atoms with Gasteiger partial charge in [-0.25, -0.2) is 4.79 Å². The van der Waals surface area contributed by atoms with Crippen molar-refractivity contribution in [1.82, 2.24) is 0 Å². The lowest BCUT2D eigenvalue weighted by Gasteiger charge is -2.11. The standard InChI is InChI=1S/C16H21ClO2/c1-3-12-10-15(12)11(2)7-8-19-16(18)13-5-4-6-14(17)9-13/h4-6,9,11-12,15H,3,7-8,10H2,1-2H3. The van der Waals surface area contributed by atoms with E-state index in [1.54, 1.807) is 24.3 Å². The number of hydrogen-bond acceptors (Lipinski definition) is 2. The SMILES string of the molecule is CCC1CC1C(C)CCOC(=O)c1cccc(Cl)c1. The van der Waals surface area contributed by atoms with Gasteiger partial charge in [0.25, 0.3) is 0 Å². The first-order valence-electron chi connectivity index (χ1n) is 7.04. The van der Waals surface area contributed by atoms with Gasteiger partial charge in [0.15, 0.2) is 0 Å². The zero-order valence-corrected chi connectivity index (χ0v) is 12.3. The first-order valence-corrected chi connectivity index (χ1v) is 7.42. The molecule has 2 nitrogen and oxygen atoms in total. The van der Waals surface area contributed by atoms with Crippen molar-refractivity contribution in [2.75, 3.05) is 6.61 Å². The molecule has 3 heteroatoms. The average molecular weight is 281 g/mol. The van der Waals surface area contributed by atoms with E-state index in [0.717, 1.165) is 18.3 Å². The maximum Gasteiger partial charge on any atom is 0.338 e. The minimum atomic E-state index is -0.280. The van der Waals surface area contributed by atoms with Crippen LogP contribution in [0, 0.1) is 17.8 Å². The smallest absolute Gasteiger partial charge is 0.338 e. The second-order valence-corrected chi connectivity index (χ2v) is 5.92. The van der Waals surface area contributed by atoms with E-state index in [9.17, 15) is 4.79 Å². The Hall–Kier alpha value is -1.02. The molecule has 104 valence electrons. The molecular weight excluding hydrogens is 260 g/mol. The third kappa shape index (κ3) is 3.97. The Morgan fingerprint density at radius 1 is 1.53 bits per heavy atom. The van der Waals surface area contributed by atoms with Gasteiger partial charge in [0, 0.05) is 5.02 Å². The normalized spacial score (nSPS) is 22.9. The van der Waals surface area contributed by atoms with Gasteiger partial charge in [-0.2, -0.15) is 0 Å². The summed E-state index contributed by atoms with van der Waals surface area (Å²) in [5.74, 6) is 2.11. The van der Waals surface area contributed by atoms with Crippen LogP contribution < -0.4 is 0 Å². The summed E-state index contributed by atoms with van der Waals surface area (Å²) >= 11 is 5.85. The molecule has 0 radical (unpaired) electrons. The van der Waals surface area contributed by atoms with Gasteiger partial charge in [0.1, 0.15) is 0 Å². The first kappa shape index (κ1) is 14.4. The summed E-state index contributed by atoms with van der Waals surface area (Å²) in [5, 5.41) is 0.562. The fourth-order valence-corrected chi connectivity index (χ4v) is 2.88. The van der Waals surface area contributed by atoms with Crippen LogP contribution in [0.15, 0.2) is 24.3 Å². The second kappa shape index (κ2) is 6.42. The quantitative estimate of drug-likeness (QED) is 0.714. The molecule has 1 aromatic carbocycles. The van der Waals surface area contributed by atoms with Crippen LogP contribution in [0.5, 0.6) is 0 Å². The summed E-state index contributed by atoms with van der Waals surface area (Å²) in [6, 6.07) is 6.88. The molecule has 1 saturated carbocycles. The van der Waals surface area contributed by atoms with Gasteiger partial charge in [-0.05, 0) is 48.8 Å². The van der Waals surface area contributed by atoms with Gasteiger partial charge in [0.2, 0.25) is 0 Å². The van der Waals surface area contributed by atoms with E-state index in [1.807, 2.05) is 0 Å². The lowest BCUT2D eigenvalue weighted by atomic mass is 10.0. The molecule has 0 aromatic heterocycles. The number of carbonyl (C=O) groups is 1. The first-order chi connectivity index (χ1) is 9.11. The van der Waals surface area contributed by atoms with Crippen LogP contribution in [0.1, 0.15) is 43.5 Å². The Morgan fingerprint density at radius 3 is 2.95 bits per heavy atom. The van der Waals surface area contributed by atoms with E-state index >= 15 is 0 Å². The molecule has 0 spiro atoms. The number of benzene rings is 1. The Balaban J connectivity index is 1.72. The molecule has 0 saturated heterocycles. The number of hydrogen-bond donors (Lipinski definition) is 0. The van der Waals surface area contributed by atoms with Gasteiger partial charge < -0.3 is 4.74 Å². The fraction of sp³-hybridized carbons (Fsp3) is 0.562. The lowest BCUT2D eigenvalue weighted by molar-refractivity contribution is 0.0480. The van der Waals surface area contributed by atoms with Gasteiger partial charge >= 0.3 is 5.97 Å². The Bertz CT molecular complexity index is 444. The van der Waals surface area contributed by atoms with E-state index < -0.39 is 0 Å². The molecule has 1 fully saturated rings. The van der Waals surface area contributed by atoms with E-state index in [4.69, 9.17) is 16.3 Å². The number of esters is 1. The second-order valence-electron chi connectivity index (χ2n) is 5.48. The maximum atomic E-state index is 11.8. The van der Waals surface area contributed by atoms with Crippen molar-refractivity contribution in [3.8, 4) is 0 Å². The minimum Gasteiger partial charge on any atom is -0.462 e. The highest BCUT2D eigenvalue weighted by molar-refractivity contribution is 6.30. The van der Waals surface area contributed by atoms with Crippen molar-refractivity contribution >= 4 is 17.6 Å². The third-order valence-corrected chi connectivity index (χ3v) is 4.33. The molecule has 3 atom stereocenters. The zero-order valence-electron chi connectivity index (χ0n) is 11.6. The summed E-state index contributed by atoms with van der Waals surface area (Å²) in [6.07, 6.45) is 3.57. The zero-order chi connectivity index (χ0) is 13.8. The number of halogens is 1. The summed E-state index contributed by atoms with van der Waals surface area (Å²) in [5.41, 5.74) is 0.526. The fourth-order valence-electron chi connectivity index (χ4n) is 2.69. The topological polar surface area (TPSA) is 26.3 Å². The predicted molar refractivity (Wildman–Crippen MR) is 77.4 cm³/mol. The summed E-state index contributed by atoms with van der Waals surface area (Å²) in [6.45, 7) is 5.00. The van der Waals surface area contributed by atoms with Crippen LogP contribution in [0.25, 0.3) is 0 Å². The van der Waals surface area contributed by atoms with Gasteiger partial charge in [-0.3, -0.25) is 0 Å². The number of rotatable bonds is 6. The van der Waals surface area contributed by atoms with E-state index in [0.29, 0.717) is 23.1 Å². The van der Waals surface area contributed by atoms with Crippen LogP contribution in [-0.4, -0.2) is 12.6 Å². The average Bonchev–Trinajstić information content (AvgIpc) is 3.18. The van der Waals surface area contributed by atoms with Crippen molar-refractivity contribution in [3.63, 3.8) is 0 Å². The number of carbonyl (C=O) groups excluding carboxylic acids is 1. The van der Waals surface area contributed by atoms with Crippen molar-refractivity contribution < 1.29 is 9.53 Å². The molecule has 1 aliphatic rings. The molecule has 19 heavy (non-hydrogen) atoms.